The van der Waals surface area contributed by atoms with E-state index in [1.54, 1.807) is 6.07 Å². The lowest BCUT2D eigenvalue weighted by Crippen LogP contribution is -2.37. The summed E-state index contributed by atoms with van der Waals surface area (Å²) in [6, 6.07) is 15.2. The minimum atomic E-state index is -0.268. The summed E-state index contributed by atoms with van der Waals surface area (Å²) in [6.07, 6.45) is 0.656. The Bertz CT molecular complexity index is 630. The van der Waals surface area contributed by atoms with Crippen LogP contribution in [0.1, 0.15) is 5.56 Å². The summed E-state index contributed by atoms with van der Waals surface area (Å²) in [4.78, 5) is 13.2. The lowest BCUT2D eigenvalue weighted by Gasteiger charge is -2.13. The van der Waals surface area contributed by atoms with Gasteiger partial charge in [0.1, 0.15) is 6.04 Å². The summed E-state index contributed by atoms with van der Waals surface area (Å²) < 4.78 is 3.22. The molecular formula is C15H15N3OS. The van der Waals surface area contributed by atoms with Crippen LogP contribution in [0.15, 0.2) is 53.4 Å². The Kier molecular flexibility index (Phi) is 3.62. The van der Waals surface area contributed by atoms with Gasteiger partial charge in [0.2, 0.25) is 5.91 Å². The fourth-order valence-electron chi connectivity index (χ4n) is 2.13. The second kappa shape index (κ2) is 5.56. The Morgan fingerprint density at radius 2 is 1.95 bits per heavy atom. The molecule has 102 valence electrons. The molecule has 1 heterocycles. The maximum absolute atomic E-state index is 12.3. The van der Waals surface area contributed by atoms with Gasteiger partial charge in [0.05, 0.1) is 5.69 Å². The number of benzene rings is 2. The van der Waals surface area contributed by atoms with Crippen LogP contribution in [0.2, 0.25) is 0 Å². The summed E-state index contributed by atoms with van der Waals surface area (Å²) in [5.41, 5.74) is 8.30. The Balaban J connectivity index is 1.79. The minimum Gasteiger partial charge on any atom is -0.399 e. The van der Waals surface area contributed by atoms with Crippen molar-refractivity contribution >= 4 is 29.2 Å². The Labute approximate surface area is 121 Å². The van der Waals surface area contributed by atoms with Gasteiger partial charge < -0.3 is 11.1 Å². The molecule has 20 heavy (non-hydrogen) atoms. The molecule has 4 N–H and O–H groups in total. The molecule has 1 atom stereocenters. The summed E-state index contributed by atoms with van der Waals surface area (Å²) in [6.45, 7) is 0. The van der Waals surface area contributed by atoms with Gasteiger partial charge in [-0.2, -0.15) is 0 Å². The number of rotatable bonds is 2. The molecule has 0 radical (unpaired) electrons. The number of carbonyl (C=O) groups excluding carboxylic acids is 1. The molecule has 2 aromatic carbocycles. The van der Waals surface area contributed by atoms with Gasteiger partial charge in [-0.15, -0.1) is 0 Å². The monoisotopic (exact) mass is 285 g/mol. The van der Waals surface area contributed by atoms with Crippen molar-refractivity contribution in [3.05, 3.63) is 54.1 Å². The van der Waals surface area contributed by atoms with Crippen LogP contribution in [-0.2, 0) is 11.2 Å². The third kappa shape index (κ3) is 2.79. The molecule has 1 aliphatic heterocycles. The van der Waals surface area contributed by atoms with Gasteiger partial charge in [-0.05, 0) is 42.1 Å². The van der Waals surface area contributed by atoms with Gasteiger partial charge in [-0.25, -0.2) is 4.72 Å². The fraction of sp³-hybridized carbons (Fsp3) is 0.133. The zero-order valence-electron chi connectivity index (χ0n) is 10.8. The minimum absolute atomic E-state index is 0.0364. The van der Waals surface area contributed by atoms with E-state index in [-0.39, 0.29) is 11.9 Å². The molecule has 0 saturated carbocycles. The highest BCUT2D eigenvalue weighted by atomic mass is 32.2. The summed E-state index contributed by atoms with van der Waals surface area (Å²) in [5.74, 6) is -0.0364. The van der Waals surface area contributed by atoms with Gasteiger partial charge in [0.15, 0.2) is 0 Å². The molecule has 1 aliphatic rings. The lowest BCUT2D eigenvalue weighted by atomic mass is 10.1. The number of hydrogen-bond donors (Lipinski definition) is 3. The van der Waals surface area contributed by atoms with Crippen molar-refractivity contribution < 1.29 is 4.79 Å². The van der Waals surface area contributed by atoms with E-state index < -0.39 is 0 Å². The van der Waals surface area contributed by atoms with E-state index in [0.29, 0.717) is 12.1 Å². The van der Waals surface area contributed by atoms with Crippen LogP contribution >= 0.6 is 11.9 Å². The number of nitrogens with one attached hydrogen (secondary N) is 2. The third-order valence-electron chi connectivity index (χ3n) is 3.17. The zero-order chi connectivity index (χ0) is 13.9. The average Bonchev–Trinajstić information content (AvgIpc) is 2.59. The SMILES string of the molecule is Nc1ccc2c(c1)NC(=O)C(Cc1ccccc1)NS2. The smallest absolute Gasteiger partial charge is 0.242 e. The number of fused-ring (bicyclic) bond motifs is 1. The van der Waals surface area contributed by atoms with E-state index in [1.165, 1.54) is 11.9 Å². The molecule has 4 nitrogen and oxygen atoms in total. The molecule has 0 bridgehead atoms. The highest BCUT2D eigenvalue weighted by Crippen LogP contribution is 2.30. The molecule has 0 spiro atoms. The maximum atomic E-state index is 12.3. The van der Waals surface area contributed by atoms with Crippen LogP contribution in [0.5, 0.6) is 0 Å². The average molecular weight is 285 g/mol. The van der Waals surface area contributed by atoms with Crippen LogP contribution in [0.3, 0.4) is 0 Å². The first-order valence-corrected chi connectivity index (χ1v) is 7.21. The van der Waals surface area contributed by atoms with Gasteiger partial charge in [0, 0.05) is 10.6 Å². The molecule has 3 rings (SSSR count). The van der Waals surface area contributed by atoms with Crippen molar-refractivity contribution in [3.63, 3.8) is 0 Å². The molecule has 1 unspecified atom stereocenters. The summed E-state index contributed by atoms with van der Waals surface area (Å²) >= 11 is 1.46. The first-order chi connectivity index (χ1) is 9.72. The third-order valence-corrected chi connectivity index (χ3v) is 4.15. The van der Waals surface area contributed by atoms with Gasteiger partial charge in [0.25, 0.3) is 0 Å². The van der Waals surface area contributed by atoms with Crippen LogP contribution < -0.4 is 15.8 Å². The number of hydrogen-bond acceptors (Lipinski definition) is 4. The second-order valence-electron chi connectivity index (χ2n) is 4.71. The topological polar surface area (TPSA) is 67.1 Å². The molecule has 1 amide bonds. The second-order valence-corrected chi connectivity index (χ2v) is 5.59. The largest absolute Gasteiger partial charge is 0.399 e. The van der Waals surface area contributed by atoms with E-state index >= 15 is 0 Å². The molecular weight excluding hydrogens is 270 g/mol. The number of amides is 1. The maximum Gasteiger partial charge on any atom is 0.242 e. The Morgan fingerprint density at radius 1 is 1.15 bits per heavy atom. The lowest BCUT2D eigenvalue weighted by molar-refractivity contribution is -0.117. The quantitative estimate of drug-likeness (QED) is 0.585. The van der Waals surface area contributed by atoms with Crippen molar-refractivity contribution in [2.75, 3.05) is 11.1 Å². The van der Waals surface area contributed by atoms with Crippen molar-refractivity contribution in [3.8, 4) is 0 Å². The standard InChI is InChI=1S/C15H15N3OS/c16-11-6-7-14-12(9-11)17-15(19)13(18-20-14)8-10-4-2-1-3-5-10/h1-7,9,13,18H,8,16H2,(H,17,19). The molecule has 0 saturated heterocycles. The number of nitrogen functional groups attached to an aromatic ring is 1. The molecule has 2 aromatic rings. The van der Waals surface area contributed by atoms with Gasteiger partial charge in [-0.3, -0.25) is 4.79 Å². The number of carbonyl (C=O) groups is 1. The Hall–Kier alpha value is -1.98. The van der Waals surface area contributed by atoms with Crippen molar-refractivity contribution in [2.24, 2.45) is 0 Å². The van der Waals surface area contributed by atoms with Crippen molar-refractivity contribution in [1.29, 1.82) is 0 Å². The number of nitrogens with two attached hydrogens (primary N) is 1. The fourth-order valence-corrected chi connectivity index (χ4v) is 2.94. The van der Waals surface area contributed by atoms with Crippen molar-refractivity contribution in [1.82, 2.24) is 4.72 Å². The predicted octanol–water partition coefficient (Wildman–Crippen LogP) is 2.43. The molecule has 0 fully saturated rings. The van der Waals surface area contributed by atoms with Crippen LogP contribution in [0.4, 0.5) is 11.4 Å². The highest BCUT2D eigenvalue weighted by Gasteiger charge is 2.23. The highest BCUT2D eigenvalue weighted by molar-refractivity contribution is 7.97. The van der Waals surface area contributed by atoms with Gasteiger partial charge in [-0.1, -0.05) is 30.3 Å². The van der Waals surface area contributed by atoms with Gasteiger partial charge >= 0.3 is 0 Å². The van der Waals surface area contributed by atoms with E-state index in [2.05, 4.69) is 10.0 Å². The van der Waals surface area contributed by atoms with E-state index in [1.807, 2.05) is 42.5 Å². The van der Waals surface area contributed by atoms with E-state index in [9.17, 15) is 4.79 Å². The van der Waals surface area contributed by atoms with Crippen molar-refractivity contribution in [2.45, 2.75) is 17.4 Å². The zero-order valence-corrected chi connectivity index (χ0v) is 11.6. The number of anilines is 2. The summed E-state index contributed by atoms with van der Waals surface area (Å²) in [5, 5.41) is 2.93. The Morgan fingerprint density at radius 3 is 2.75 bits per heavy atom. The predicted molar refractivity (Wildman–Crippen MR) is 82.4 cm³/mol. The molecule has 5 heteroatoms. The molecule has 0 aromatic heterocycles. The molecule has 0 aliphatic carbocycles. The van der Waals surface area contributed by atoms with Crippen LogP contribution in [-0.4, -0.2) is 11.9 Å². The van der Waals surface area contributed by atoms with E-state index in [4.69, 9.17) is 5.73 Å². The normalized spacial score (nSPS) is 18.0. The van der Waals surface area contributed by atoms with E-state index in [0.717, 1.165) is 16.1 Å². The first-order valence-electron chi connectivity index (χ1n) is 6.39. The summed E-state index contributed by atoms with van der Waals surface area (Å²) in [7, 11) is 0. The van der Waals surface area contributed by atoms with Crippen LogP contribution in [0, 0.1) is 0 Å². The first kappa shape index (κ1) is 13.0. The van der Waals surface area contributed by atoms with Crippen LogP contribution in [0.25, 0.3) is 0 Å².